The van der Waals surface area contributed by atoms with Gasteiger partial charge >= 0.3 is 0 Å². The maximum atomic E-state index is 12.5. The highest BCUT2D eigenvalue weighted by Gasteiger charge is 2.30. The third kappa shape index (κ3) is 5.28. The third-order valence-electron chi connectivity index (χ3n) is 5.15. The average Bonchev–Trinajstić information content (AvgIpc) is 3.47. The van der Waals surface area contributed by atoms with Crippen LogP contribution in [0.3, 0.4) is 0 Å². The van der Waals surface area contributed by atoms with E-state index in [4.69, 9.17) is 0 Å². The van der Waals surface area contributed by atoms with Crippen molar-refractivity contribution in [3.8, 4) is 0 Å². The maximum absolute atomic E-state index is 12.5. The SMILES string of the molecule is CCc1ccc(NC(=O)c2nnc(CN(Cc3cccc(C)c3)C3CC3)s2)cc1. The van der Waals surface area contributed by atoms with Crippen molar-refractivity contribution < 1.29 is 4.79 Å². The first-order chi connectivity index (χ1) is 14.1. The number of nitrogens with one attached hydrogen (secondary N) is 1. The van der Waals surface area contributed by atoms with Crippen molar-refractivity contribution in [2.75, 3.05) is 5.32 Å². The summed E-state index contributed by atoms with van der Waals surface area (Å²) in [7, 11) is 0. The lowest BCUT2D eigenvalue weighted by Gasteiger charge is -2.20. The van der Waals surface area contributed by atoms with E-state index < -0.39 is 0 Å². The van der Waals surface area contributed by atoms with E-state index in [-0.39, 0.29) is 5.91 Å². The molecule has 1 fully saturated rings. The molecule has 3 aromatic rings. The van der Waals surface area contributed by atoms with Crippen LogP contribution in [0.25, 0.3) is 0 Å². The molecule has 0 atom stereocenters. The smallest absolute Gasteiger partial charge is 0.286 e. The number of anilines is 1. The van der Waals surface area contributed by atoms with Crippen LogP contribution in [0.2, 0.25) is 0 Å². The zero-order valence-corrected chi connectivity index (χ0v) is 17.7. The number of carbonyl (C=O) groups excluding carboxylic acids is 1. The molecule has 1 aromatic heterocycles. The quantitative estimate of drug-likeness (QED) is 0.582. The molecule has 0 aliphatic heterocycles. The second kappa shape index (κ2) is 8.84. The molecule has 1 amide bonds. The van der Waals surface area contributed by atoms with Gasteiger partial charge in [-0.1, -0.05) is 60.2 Å². The summed E-state index contributed by atoms with van der Waals surface area (Å²) in [6, 6.07) is 17.1. The number of amides is 1. The van der Waals surface area contributed by atoms with Crippen LogP contribution < -0.4 is 5.32 Å². The summed E-state index contributed by atoms with van der Waals surface area (Å²) in [5, 5.41) is 12.6. The van der Waals surface area contributed by atoms with Crippen LogP contribution in [0.5, 0.6) is 0 Å². The van der Waals surface area contributed by atoms with Crippen molar-refractivity contribution in [3.63, 3.8) is 0 Å². The standard InChI is InChI=1S/C23H26N4OS/c1-3-17-7-9-19(10-8-17)24-22(28)23-26-25-21(29-23)15-27(20-11-12-20)14-18-6-4-5-16(2)13-18/h4-10,13,20H,3,11-12,14-15H2,1-2H3,(H,24,28). The van der Waals surface area contributed by atoms with Gasteiger partial charge in [0.2, 0.25) is 5.01 Å². The number of carbonyl (C=O) groups is 1. The summed E-state index contributed by atoms with van der Waals surface area (Å²) in [5.74, 6) is -0.199. The van der Waals surface area contributed by atoms with Crippen molar-refractivity contribution in [1.29, 1.82) is 0 Å². The van der Waals surface area contributed by atoms with Gasteiger partial charge < -0.3 is 5.32 Å². The fourth-order valence-electron chi connectivity index (χ4n) is 3.39. The largest absolute Gasteiger partial charge is 0.320 e. The van der Waals surface area contributed by atoms with Crippen LogP contribution in [-0.4, -0.2) is 27.0 Å². The Balaban J connectivity index is 1.39. The molecular weight excluding hydrogens is 380 g/mol. The first-order valence-electron chi connectivity index (χ1n) is 10.1. The second-order valence-corrected chi connectivity index (χ2v) is 8.69. The van der Waals surface area contributed by atoms with Crippen LogP contribution in [-0.2, 0) is 19.5 Å². The molecule has 0 saturated heterocycles. The molecule has 0 radical (unpaired) electrons. The first-order valence-corrected chi connectivity index (χ1v) is 10.9. The van der Waals surface area contributed by atoms with E-state index in [1.54, 1.807) is 0 Å². The number of nitrogens with zero attached hydrogens (tertiary/aromatic N) is 3. The lowest BCUT2D eigenvalue weighted by Crippen LogP contribution is -2.25. The topological polar surface area (TPSA) is 58.1 Å². The van der Waals surface area contributed by atoms with E-state index in [9.17, 15) is 4.79 Å². The van der Waals surface area contributed by atoms with Gasteiger partial charge in [0.05, 0.1) is 6.54 Å². The lowest BCUT2D eigenvalue weighted by molar-refractivity contribution is 0.102. The average molecular weight is 407 g/mol. The van der Waals surface area contributed by atoms with E-state index >= 15 is 0 Å². The molecule has 1 N–H and O–H groups in total. The summed E-state index contributed by atoms with van der Waals surface area (Å²) in [5.41, 5.74) is 4.62. The Hall–Kier alpha value is -2.57. The summed E-state index contributed by atoms with van der Waals surface area (Å²) < 4.78 is 0. The second-order valence-electron chi connectivity index (χ2n) is 7.63. The van der Waals surface area contributed by atoms with E-state index in [0.29, 0.717) is 11.0 Å². The molecule has 1 heterocycles. The Bertz CT molecular complexity index is 979. The van der Waals surface area contributed by atoms with Gasteiger partial charge in [0.1, 0.15) is 5.01 Å². The van der Waals surface area contributed by atoms with Gasteiger partial charge in [0, 0.05) is 18.3 Å². The highest BCUT2D eigenvalue weighted by molar-refractivity contribution is 7.13. The van der Waals surface area contributed by atoms with Crippen LogP contribution in [0, 0.1) is 6.92 Å². The zero-order chi connectivity index (χ0) is 20.2. The molecule has 29 heavy (non-hydrogen) atoms. The van der Waals surface area contributed by atoms with Crippen molar-refractivity contribution in [2.24, 2.45) is 0 Å². The van der Waals surface area contributed by atoms with Crippen molar-refractivity contribution in [2.45, 2.75) is 52.2 Å². The minimum atomic E-state index is -0.199. The molecule has 1 saturated carbocycles. The number of aromatic nitrogens is 2. The minimum Gasteiger partial charge on any atom is -0.320 e. The Morgan fingerprint density at radius 2 is 1.90 bits per heavy atom. The van der Waals surface area contributed by atoms with Crippen LogP contribution in [0.1, 0.15) is 51.3 Å². The van der Waals surface area contributed by atoms with Crippen molar-refractivity contribution in [3.05, 3.63) is 75.2 Å². The minimum absolute atomic E-state index is 0.199. The maximum Gasteiger partial charge on any atom is 0.286 e. The number of aryl methyl sites for hydroxylation is 2. The summed E-state index contributed by atoms with van der Waals surface area (Å²) in [4.78, 5) is 15.0. The van der Waals surface area contributed by atoms with Gasteiger partial charge in [0.25, 0.3) is 5.91 Å². The van der Waals surface area contributed by atoms with Gasteiger partial charge in [-0.3, -0.25) is 9.69 Å². The molecule has 5 nitrogen and oxygen atoms in total. The predicted octanol–water partition coefficient (Wildman–Crippen LogP) is 4.83. The Morgan fingerprint density at radius 3 is 2.59 bits per heavy atom. The molecule has 6 heteroatoms. The summed E-state index contributed by atoms with van der Waals surface area (Å²) in [6.07, 6.45) is 3.44. The number of hydrogen-bond acceptors (Lipinski definition) is 5. The van der Waals surface area contributed by atoms with Gasteiger partial charge in [0.15, 0.2) is 0 Å². The lowest BCUT2D eigenvalue weighted by atomic mass is 10.1. The van der Waals surface area contributed by atoms with Gasteiger partial charge in [-0.15, -0.1) is 10.2 Å². The van der Waals surface area contributed by atoms with Crippen LogP contribution in [0.4, 0.5) is 5.69 Å². The van der Waals surface area contributed by atoms with Crippen molar-refractivity contribution >= 4 is 22.9 Å². The van der Waals surface area contributed by atoms with E-state index in [1.165, 1.54) is 40.9 Å². The summed E-state index contributed by atoms with van der Waals surface area (Å²) in [6.45, 7) is 5.86. The third-order valence-corrected chi connectivity index (χ3v) is 6.06. The molecule has 4 rings (SSSR count). The van der Waals surface area contributed by atoms with Gasteiger partial charge in [-0.2, -0.15) is 0 Å². The van der Waals surface area contributed by atoms with Crippen LogP contribution in [0.15, 0.2) is 48.5 Å². The number of benzene rings is 2. The van der Waals surface area contributed by atoms with Crippen LogP contribution >= 0.6 is 11.3 Å². The summed E-state index contributed by atoms with van der Waals surface area (Å²) >= 11 is 1.38. The fourth-order valence-corrected chi connectivity index (χ4v) is 4.15. The zero-order valence-electron chi connectivity index (χ0n) is 16.9. The molecule has 0 unspecified atom stereocenters. The Kier molecular flexibility index (Phi) is 6.02. The predicted molar refractivity (Wildman–Crippen MR) is 117 cm³/mol. The highest BCUT2D eigenvalue weighted by Crippen LogP contribution is 2.30. The first kappa shape index (κ1) is 19.7. The molecule has 1 aliphatic rings. The highest BCUT2D eigenvalue weighted by atomic mass is 32.1. The Labute approximate surface area is 175 Å². The van der Waals surface area contributed by atoms with Gasteiger partial charge in [-0.05, 0) is 49.4 Å². The fraction of sp³-hybridized carbons (Fsp3) is 0.348. The number of rotatable bonds is 8. The normalized spacial score (nSPS) is 13.6. The monoisotopic (exact) mass is 406 g/mol. The molecule has 0 bridgehead atoms. The van der Waals surface area contributed by atoms with E-state index in [1.807, 2.05) is 24.3 Å². The molecule has 0 spiro atoms. The number of hydrogen-bond donors (Lipinski definition) is 1. The van der Waals surface area contributed by atoms with E-state index in [2.05, 4.69) is 58.5 Å². The molecule has 150 valence electrons. The molecule has 1 aliphatic carbocycles. The van der Waals surface area contributed by atoms with Gasteiger partial charge in [-0.25, -0.2) is 0 Å². The van der Waals surface area contributed by atoms with E-state index in [0.717, 1.165) is 30.2 Å². The Morgan fingerprint density at radius 1 is 1.10 bits per heavy atom. The molecular formula is C23H26N4OS. The molecule has 2 aromatic carbocycles. The van der Waals surface area contributed by atoms with Crippen molar-refractivity contribution in [1.82, 2.24) is 15.1 Å².